The maximum Gasteiger partial charge on any atom is 0.303 e. The Morgan fingerprint density at radius 2 is 2.13 bits per heavy atom. The normalized spacial score (nSPS) is 17.1. The van der Waals surface area contributed by atoms with Crippen LogP contribution in [-0.2, 0) is 9.59 Å². The highest BCUT2D eigenvalue weighted by Gasteiger charge is 2.21. The van der Waals surface area contributed by atoms with Crippen LogP contribution in [0.4, 0.5) is 0 Å². The average molecular weight is 214 g/mol. The molecule has 0 heterocycles. The minimum Gasteiger partial charge on any atom is -0.481 e. The summed E-state index contributed by atoms with van der Waals surface area (Å²) >= 11 is 0. The predicted molar refractivity (Wildman–Crippen MR) is 55.5 cm³/mol. The van der Waals surface area contributed by atoms with Gasteiger partial charge in [0.2, 0.25) is 5.91 Å². The van der Waals surface area contributed by atoms with E-state index in [0.29, 0.717) is 19.0 Å². The van der Waals surface area contributed by atoms with E-state index in [1.165, 1.54) is 0 Å². The standard InChI is InChI=1S/C10H18N2O3/c1-7(2-5-10(14)15)12-9(13)6-11-8-3-4-8/h7-8,11H,2-6H2,1H3,(H,12,13)(H,14,15). The summed E-state index contributed by atoms with van der Waals surface area (Å²) in [7, 11) is 0. The summed E-state index contributed by atoms with van der Waals surface area (Å²) in [6.07, 6.45) is 2.88. The van der Waals surface area contributed by atoms with Crippen molar-refractivity contribution in [3.05, 3.63) is 0 Å². The summed E-state index contributed by atoms with van der Waals surface area (Å²) in [6.45, 7) is 2.15. The van der Waals surface area contributed by atoms with Gasteiger partial charge in [-0.25, -0.2) is 0 Å². The topological polar surface area (TPSA) is 78.4 Å². The fourth-order valence-electron chi connectivity index (χ4n) is 1.26. The first-order valence-corrected chi connectivity index (χ1v) is 5.32. The number of aliphatic carboxylic acids is 1. The van der Waals surface area contributed by atoms with Crippen LogP contribution >= 0.6 is 0 Å². The van der Waals surface area contributed by atoms with Crippen molar-refractivity contribution in [1.82, 2.24) is 10.6 Å². The van der Waals surface area contributed by atoms with Crippen molar-refractivity contribution < 1.29 is 14.7 Å². The van der Waals surface area contributed by atoms with Gasteiger partial charge in [0.05, 0.1) is 6.54 Å². The zero-order valence-corrected chi connectivity index (χ0v) is 8.95. The van der Waals surface area contributed by atoms with Gasteiger partial charge in [0.25, 0.3) is 0 Å². The molecule has 5 heteroatoms. The Morgan fingerprint density at radius 1 is 1.47 bits per heavy atom. The predicted octanol–water partition coefficient (Wildman–Crippen LogP) is 0.108. The van der Waals surface area contributed by atoms with E-state index in [1.54, 1.807) is 0 Å². The van der Waals surface area contributed by atoms with Crippen LogP contribution in [0.25, 0.3) is 0 Å². The lowest BCUT2D eigenvalue weighted by Gasteiger charge is -2.12. The first-order valence-electron chi connectivity index (χ1n) is 5.32. The molecule has 0 spiro atoms. The first-order chi connectivity index (χ1) is 7.08. The number of nitrogens with one attached hydrogen (secondary N) is 2. The van der Waals surface area contributed by atoms with Gasteiger partial charge in [-0.3, -0.25) is 9.59 Å². The number of amides is 1. The molecular formula is C10H18N2O3. The van der Waals surface area contributed by atoms with Crippen molar-refractivity contribution in [3.63, 3.8) is 0 Å². The van der Waals surface area contributed by atoms with Gasteiger partial charge in [-0.2, -0.15) is 0 Å². The van der Waals surface area contributed by atoms with Gasteiger partial charge in [-0.1, -0.05) is 0 Å². The van der Waals surface area contributed by atoms with E-state index < -0.39 is 5.97 Å². The zero-order chi connectivity index (χ0) is 11.3. The maximum atomic E-state index is 11.3. The van der Waals surface area contributed by atoms with Crippen molar-refractivity contribution in [3.8, 4) is 0 Å². The summed E-state index contributed by atoms with van der Waals surface area (Å²) in [4.78, 5) is 21.6. The minimum atomic E-state index is -0.827. The zero-order valence-electron chi connectivity index (χ0n) is 8.95. The highest BCUT2D eigenvalue weighted by molar-refractivity contribution is 5.78. The fraction of sp³-hybridized carbons (Fsp3) is 0.800. The van der Waals surface area contributed by atoms with Crippen molar-refractivity contribution in [2.45, 2.75) is 44.7 Å². The Balaban J connectivity index is 2.04. The summed E-state index contributed by atoms with van der Waals surface area (Å²) in [5.41, 5.74) is 0. The van der Waals surface area contributed by atoms with Crippen molar-refractivity contribution >= 4 is 11.9 Å². The van der Waals surface area contributed by atoms with Crippen LogP contribution in [0.15, 0.2) is 0 Å². The molecule has 0 radical (unpaired) electrons. The Morgan fingerprint density at radius 3 is 2.67 bits per heavy atom. The van der Waals surface area contributed by atoms with Crippen LogP contribution in [0.1, 0.15) is 32.6 Å². The maximum absolute atomic E-state index is 11.3. The second kappa shape index (κ2) is 5.70. The summed E-state index contributed by atoms with van der Waals surface area (Å²) in [5.74, 6) is -0.882. The van der Waals surface area contributed by atoms with Crippen LogP contribution in [-0.4, -0.2) is 35.6 Å². The number of carbonyl (C=O) groups excluding carboxylic acids is 1. The number of hydrogen-bond acceptors (Lipinski definition) is 3. The van der Waals surface area contributed by atoms with Gasteiger partial charge in [0.1, 0.15) is 0 Å². The number of carboxylic acids is 1. The fourth-order valence-corrected chi connectivity index (χ4v) is 1.26. The number of carbonyl (C=O) groups is 2. The first kappa shape index (κ1) is 12.0. The minimum absolute atomic E-state index is 0.0558. The molecule has 1 rings (SSSR count). The molecular weight excluding hydrogens is 196 g/mol. The average Bonchev–Trinajstić information content (AvgIpc) is 2.95. The van der Waals surface area contributed by atoms with E-state index in [0.717, 1.165) is 12.8 Å². The number of rotatable bonds is 7. The molecule has 0 aromatic rings. The van der Waals surface area contributed by atoms with Gasteiger partial charge < -0.3 is 15.7 Å². The molecule has 86 valence electrons. The summed E-state index contributed by atoms with van der Waals surface area (Å²) in [5, 5.41) is 14.3. The monoisotopic (exact) mass is 214 g/mol. The van der Waals surface area contributed by atoms with Crippen LogP contribution < -0.4 is 10.6 Å². The molecule has 15 heavy (non-hydrogen) atoms. The molecule has 1 fully saturated rings. The molecule has 1 aliphatic carbocycles. The second-order valence-corrected chi connectivity index (χ2v) is 4.06. The molecule has 1 aliphatic rings. The molecule has 1 saturated carbocycles. The van der Waals surface area contributed by atoms with Gasteiger partial charge in [0, 0.05) is 18.5 Å². The van der Waals surface area contributed by atoms with Crippen molar-refractivity contribution in [2.24, 2.45) is 0 Å². The summed E-state index contributed by atoms with van der Waals surface area (Å²) in [6, 6.07) is 0.444. The molecule has 1 unspecified atom stereocenters. The van der Waals surface area contributed by atoms with E-state index in [-0.39, 0.29) is 18.4 Å². The van der Waals surface area contributed by atoms with E-state index in [9.17, 15) is 9.59 Å². The number of carboxylic acid groups (broad SMARTS) is 1. The van der Waals surface area contributed by atoms with Crippen molar-refractivity contribution in [1.29, 1.82) is 0 Å². The lowest BCUT2D eigenvalue weighted by molar-refractivity contribution is -0.137. The lowest BCUT2D eigenvalue weighted by Crippen LogP contribution is -2.39. The molecule has 1 amide bonds. The van der Waals surface area contributed by atoms with E-state index >= 15 is 0 Å². The van der Waals surface area contributed by atoms with E-state index in [4.69, 9.17) is 5.11 Å². The van der Waals surface area contributed by atoms with Crippen molar-refractivity contribution in [2.75, 3.05) is 6.54 Å². The molecule has 5 nitrogen and oxygen atoms in total. The Kier molecular flexibility index (Phi) is 4.55. The molecule has 0 saturated heterocycles. The van der Waals surface area contributed by atoms with Crippen LogP contribution in [0, 0.1) is 0 Å². The Hall–Kier alpha value is -1.10. The second-order valence-electron chi connectivity index (χ2n) is 4.06. The third kappa shape index (κ3) is 6.06. The molecule has 1 atom stereocenters. The van der Waals surface area contributed by atoms with Gasteiger partial charge in [0.15, 0.2) is 0 Å². The Labute approximate surface area is 89.2 Å². The highest BCUT2D eigenvalue weighted by Crippen LogP contribution is 2.17. The third-order valence-corrected chi connectivity index (χ3v) is 2.33. The quantitative estimate of drug-likeness (QED) is 0.562. The SMILES string of the molecule is CC(CCC(=O)O)NC(=O)CNC1CC1. The highest BCUT2D eigenvalue weighted by atomic mass is 16.4. The van der Waals surface area contributed by atoms with Crippen LogP contribution in [0.3, 0.4) is 0 Å². The van der Waals surface area contributed by atoms with Gasteiger partial charge in [-0.15, -0.1) is 0 Å². The molecule has 0 aromatic carbocycles. The molecule has 0 bridgehead atoms. The number of hydrogen-bond donors (Lipinski definition) is 3. The summed E-state index contributed by atoms with van der Waals surface area (Å²) < 4.78 is 0. The largest absolute Gasteiger partial charge is 0.481 e. The molecule has 0 aromatic heterocycles. The van der Waals surface area contributed by atoms with Crippen LogP contribution in [0.5, 0.6) is 0 Å². The van der Waals surface area contributed by atoms with E-state index in [2.05, 4.69) is 10.6 Å². The van der Waals surface area contributed by atoms with Gasteiger partial charge >= 0.3 is 5.97 Å². The van der Waals surface area contributed by atoms with Crippen LogP contribution in [0.2, 0.25) is 0 Å². The van der Waals surface area contributed by atoms with Gasteiger partial charge in [-0.05, 0) is 26.2 Å². The molecule has 0 aliphatic heterocycles. The smallest absolute Gasteiger partial charge is 0.303 e. The Bertz CT molecular complexity index is 239. The molecule has 3 N–H and O–H groups in total. The third-order valence-electron chi connectivity index (χ3n) is 2.33. The van der Waals surface area contributed by atoms with E-state index in [1.807, 2.05) is 6.92 Å². The lowest BCUT2D eigenvalue weighted by atomic mass is 10.2.